The first-order valence-corrected chi connectivity index (χ1v) is 5.81. The number of aromatic carboxylic acids is 1. The van der Waals surface area contributed by atoms with Gasteiger partial charge < -0.3 is 20.1 Å². The Morgan fingerprint density at radius 3 is 2.53 bits per heavy atom. The van der Waals surface area contributed by atoms with E-state index in [4.69, 9.17) is 16.7 Å². The minimum Gasteiger partial charge on any atom is -0.478 e. The largest absolute Gasteiger partial charge is 0.478 e. The molecule has 7 heteroatoms. The predicted octanol–water partition coefficient (Wildman–Crippen LogP) is 0.996. The first-order chi connectivity index (χ1) is 8.88. The number of rotatable bonds is 5. The van der Waals surface area contributed by atoms with E-state index in [1.165, 1.54) is 18.2 Å². The number of esters is 1. The summed E-state index contributed by atoms with van der Waals surface area (Å²) < 4.78 is 4.55. The zero-order valence-corrected chi connectivity index (χ0v) is 10.8. The Balaban J connectivity index is 3.10. The number of carboxylic acid groups (broad SMARTS) is 1. The number of carbonyl (C=O) groups excluding carboxylic acids is 1. The summed E-state index contributed by atoms with van der Waals surface area (Å²) in [7, 11) is 0. The lowest BCUT2D eigenvalue weighted by molar-refractivity contribution is -0.159. The molecule has 104 valence electrons. The minimum atomic E-state index is -1.88. The van der Waals surface area contributed by atoms with Gasteiger partial charge in [0.05, 0.1) is 12.2 Å². The number of carboxylic acids is 1. The van der Waals surface area contributed by atoms with Gasteiger partial charge in [-0.3, -0.25) is 0 Å². The number of benzene rings is 1. The van der Waals surface area contributed by atoms with Crippen molar-refractivity contribution < 1.29 is 29.6 Å². The molecule has 2 unspecified atom stereocenters. The van der Waals surface area contributed by atoms with Crippen LogP contribution in [0.3, 0.4) is 0 Å². The fraction of sp³-hybridized carbons (Fsp3) is 0.333. The van der Waals surface area contributed by atoms with Gasteiger partial charge in [-0.25, -0.2) is 9.59 Å². The fourth-order valence-corrected chi connectivity index (χ4v) is 1.68. The Kier molecular flexibility index (Phi) is 5.29. The third-order valence-corrected chi connectivity index (χ3v) is 2.62. The van der Waals surface area contributed by atoms with E-state index < -0.39 is 24.1 Å². The third-order valence-electron chi connectivity index (χ3n) is 2.39. The van der Waals surface area contributed by atoms with Crippen molar-refractivity contribution in [3.63, 3.8) is 0 Å². The summed E-state index contributed by atoms with van der Waals surface area (Å²) in [4.78, 5) is 22.3. The molecule has 0 aliphatic carbocycles. The first kappa shape index (κ1) is 15.4. The summed E-state index contributed by atoms with van der Waals surface area (Å²) in [6, 6.07) is 3.69. The van der Waals surface area contributed by atoms with Gasteiger partial charge in [-0.2, -0.15) is 0 Å². The topological polar surface area (TPSA) is 104 Å². The number of halogens is 1. The van der Waals surface area contributed by atoms with E-state index in [1.807, 2.05) is 0 Å². The molecule has 0 spiro atoms. The van der Waals surface area contributed by atoms with E-state index in [1.54, 1.807) is 6.92 Å². The molecule has 6 nitrogen and oxygen atoms in total. The maximum atomic E-state index is 11.3. The van der Waals surface area contributed by atoms with Gasteiger partial charge in [0.25, 0.3) is 0 Å². The smallest absolute Gasteiger partial charge is 0.338 e. The molecular formula is C12H13ClO6. The number of hydrogen-bond acceptors (Lipinski definition) is 5. The molecule has 1 rings (SSSR count). The molecule has 0 saturated heterocycles. The molecule has 0 amide bonds. The summed E-state index contributed by atoms with van der Waals surface area (Å²) in [6.45, 7) is 1.57. The SMILES string of the molecule is CCOC(=O)C(O)C(O)c1cc(Cl)ccc1C(=O)O. The monoisotopic (exact) mass is 288 g/mol. The zero-order valence-electron chi connectivity index (χ0n) is 10.0. The van der Waals surface area contributed by atoms with Crippen LogP contribution in [0.5, 0.6) is 0 Å². The van der Waals surface area contributed by atoms with E-state index in [9.17, 15) is 19.8 Å². The van der Waals surface area contributed by atoms with Crippen LogP contribution in [0.1, 0.15) is 28.9 Å². The van der Waals surface area contributed by atoms with Crippen molar-refractivity contribution in [1.29, 1.82) is 0 Å². The number of aliphatic hydroxyl groups is 2. The number of aliphatic hydroxyl groups excluding tert-OH is 2. The standard InChI is InChI=1S/C12H13ClO6/c1-2-19-12(18)10(15)9(14)8-5-6(13)3-4-7(8)11(16)17/h3-5,9-10,14-15H,2H2,1H3,(H,16,17). The summed E-state index contributed by atoms with van der Waals surface area (Å²) in [5.41, 5.74) is -0.402. The third kappa shape index (κ3) is 3.66. The predicted molar refractivity (Wildman–Crippen MR) is 66.0 cm³/mol. The van der Waals surface area contributed by atoms with Crippen LogP contribution in [0, 0.1) is 0 Å². The molecule has 0 aliphatic rings. The van der Waals surface area contributed by atoms with Crippen molar-refractivity contribution in [2.75, 3.05) is 6.61 Å². The molecular weight excluding hydrogens is 276 g/mol. The summed E-state index contributed by atoms with van der Waals surface area (Å²) in [5.74, 6) is -2.34. The highest BCUT2D eigenvalue weighted by Crippen LogP contribution is 2.25. The molecule has 0 saturated carbocycles. The second-order valence-electron chi connectivity index (χ2n) is 3.68. The van der Waals surface area contributed by atoms with Gasteiger partial charge in [-0.1, -0.05) is 11.6 Å². The lowest BCUT2D eigenvalue weighted by atomic mass is 9.98. The van der Waals surface area contributed by atoms with E-state index in [0.717, 1.165) is 0 Å². The molecule has 19 heavy (non-hydrogen) atoms. The van der Waals surface area contributed by atoms with Gasteiger partial charge in [0.2, 0.25) is 0 Å². The van der Waals surface area contributed by atoms with Crippen molar-refractivity contribution in [1.82, 2.24) is 0 Å². The van der Waals surface area contributed by atoms with Crippen molar-refractivity contribution in [3.05, 3.63) is 34.3 Å². The highest BCUT2D eigenvalue weighted by Gasteiger charge is 2.30. The Labute approximate surface area is 114 Å². The highest BCUT2D eigenvalue weighted by atomic mass is 35.5. The van der Waals surface area contributed by atoms with Gasteiger partial charge in [-0.15, -0.1) is 0 Å². The van der Waals surface area contributed by atoms with Crippen LogP contribution in [0.2, 0.25) is 5.02 Å². The number of ether oxygens (including phenoxy) is 1. The molecule has 0 heterocycles. The van der Waals surface area contributed by atoms with Crippen LogP contribution in [-0.2, 0) is 9.53 Å². The molecule has 0 aliphatic heterocycles. The number of carbonyl (C=O) groups is 2. The summed E-state index contributed by atoms with van der Waals surface area (Å²) in [6.07, 6.45) is -3.61. The molecule has 1 aromatic carbocycles. The summed E-state index contributed by atoms with van der Waals surface area (Å²) in [5, 5.41) is 28.6. The number of hydrogen-bond donors (Lipinski definition) is 3. The molecule has 0 fully saturated rings. The Bertz CT molecular complexity index is 487. The molecule has 2 atom stereocenters. The zero-order chi connectivity index (χ0) is 14.6. The summed E-state index contributed by atoms with van der Waals surface area (Å²) >= 11 is 5.71. The average Bonchev–Trinajstić information content (AvgIpc) is 2.36. The van der Waals surface area contributed by atoms with Gasteiger partial charge >= 0.3 is 11.9 Å². The normalized spacial score (nSPS) is 13.7. The Morgan fingerprint density at radius 1 is 1.37 bits per heavy atom. The van der Waals surface area contributed by atoms with Gasteiger partial charge in [0.1, 0.15) is 6.10 Å². The van der Waals surface area contributed by atoms with E-state index >= 15 is 0 Å². The maximum Gasteiger partial charge on any atom is 0.338 e. The van der Waals surface area contributed by atoms with Crippen LogP contribution in [0.25, 0.3) is 0 Å². The first-order valence-electron chi connectivity index (χ1n) is 5.44. The van der Waals surface area contributed by atoms with Crippen LogP contribution in [0.15, 0.2) is 18.2 Å². The van der Waals surface area contributed by atoms with E-state index in [2.05, 4.69) is 4.74 Å². The average molecular weight is 289 g/mol. The van der Waals surface area contributed by atoms with Crippen molar-refractivity contribution in [3.8, 4) is 0 Å². The van der Waals surface area contributed by atoms with Gasteiger partial charge in [0.15, 0.2) is 6.10 Å². The second kappa shape index (κ2) is 6.51. The molecule has 0 bridgehead atoms. The Hall–Kier alpha value is -1.63. The molecule has 1 aromatic rings. The fourth-order valence-electron chi connectivity index (χ4n) is 1.50. The van der Waals surface area contributed by atoms with Crippen molar-refractivity contribution in [2.45, 2.75) is 19.1 Å². The van der Waals surface area contributed by atoms with Crippen LogP contribution in [-0.4, -0.2) is 40.0 Å². The van der Waals surface area contributed by atoms with Gasteiger partial charge in [0, 0.05) is 5.02 Å². The van der Waals surface area contributed by atoms with Crippen molar-refractivity contribution in [2.24, 2.45) is 0 Å². The quantitative estimate of drug-likeness (QED) is 0.698. The lowest BCUT2D eigenvalue weighted by Gasteiger charge is -2.18. The van der Waals surface area contributed by atoms with Crippen LogP contribution in [0.4, 0.5) is 0 Å². The molecule has 0 aromatic heterocycles. The van der Waals surface area contributed by atoms with E-state index in [0.29, 0.717) is 0 Å². The van der Waals surface area contributed by atoms with Crippen molar-refractivity contribution >= 4 is 23.5 Å². The lowest BCUT2D eigenvalue weighted by Crippen LogP contribution is -2.30. The van der Waals surface area contributed by atoms with Crippen LogP contribution < -0.4 is 0 Å². The van der Waals surface area contributed by atoms with E-state index in [-0.39, 0.29) is 22.8 Å². The maximum absolute atomic E-state index is 11.3. The minimum absolute atomic E-state index is 0.0317. The Morgan fingerprint density at radius 2 is 2.00 bits per heavy atom. The highest BCUT2D eigenvalue weighted by molar-refractivity contribution is 6.30. The van der Waals surface area contributed by atoms with Crippen LogP contribution >= 0.6 is 11.6 Å². The molecule has 3 N–H and O–H groups in total. The second-order valence-corrected chi connectivity index (χ2v) is 4.11. The molecule has 0 radical (unpaired) electrons. The van der Waals surface area contributed by atoms with Gasteiger partial charge in [-0.05, 0) is 30.7 Å².